The van der Waals surface area contributed by atoms with Gasteiger partial charge in [0.05, 0.1) is 12.8 Å². The lowest BCUT2D eigenvalue weighted by atomic mass is 10.2. The molecule has 3 N–H and O–H groups in total. The van der Waals surface area contributed by atoms with Gasteiger partial charge in [0.15, 0.2) is 5.76 Å². The molecule has 0 aliphatic rings. The van der Waals surface area contributed by atoms with Crippen LogP contribution in [0.3, 0.4) is 0 Å². The van der Waals surface area contributed by atoms with Crippen molar-refractivity contribution in [3.05, 3.63) is 59.7 Å². The first-order valence-corrected chi connectivity index (χ1v) is 7.73. The number of aliphatic hydroxyl groups excluding tert-OH is 1. The molecule has 4 heteroatoms. The van der Waals surface area contributed by atoms with Crippen LogP contribution in [-0.2, 0) is 13.1 Å². The summed E-state index contributed by atoms with van der Waals surface area (Å²) in [6.45, 7) is 6.30. The Morgan fingerprint density at radius 2 is 2.00 bits per heavy atom. The van der Waals surface area contributed by atoms with Gasteiger partial charge in [-0.15, -0.1) is 0 Å². The number of nitrogens with zero attached hydrogens (tertiary/aromatic N) is 1. The van der Waals surface area contributed by atoms with E-state index >= 15 is 0 Å². The number of fused-ring (bicyclic) bond motifs is 1. The van der Waals surface area contributed by atoms with Crippen LogP contribution in [0.5, 0.6) is 0 Å². The number of aromatic nitrogens is 1. The summed E-state index contributed by atoms with van der Waals surface area (Å²) in [5, 5.41) is 13.7. The van der Waals surface area contributed by atoms with E-state index in [4.69, 9.17) is 4.42 Å². The van der Waals surface area contributed by atoms with Crippen LogP contribution in [0.15, 0.2) is 47.1 Å². The minimum absolute atomic E-state index is 0.385. The van der Waals surface area contributed by atoms with E-state index in [9.17, 15) is 5.11 Å². The Kier molecular flexibility index (Phi) is 4.32. The quantitative estimate of drug-likeness (QED) is 0.731. The summed E-state index contributed by atoms with van der Waals surface area (Å²) < 4.78 is 7.51. The number of aliphatic hydroxyl groups is 1. The number of para-hydroxylation sites is 1. The van der Waals surface area contributed by atoms with Crippen molar-refractivity contribution in [2.24, 2.45) is 0 Å². The van der Waals surface area contributed by atoms with Crippen LogP contribution in [0.1, 0.15) is 17.0 Å². The van der Waals surface area contributed by atoms with E-state index in [0.717, 1.165) is 12.3 Å². The predicted octanol–water partition coefficient (Wildman–Crippen LogP) is 1.98. The maximum atomic E-state index is 10.3. The first-order chi connectivity index (χ1) is 10.7. The van der Waals surface area contributed by atoms with Crippen LogP contribution in [0.4, 0.5) is 0 Å². The Balaban J connectivity index is 1.66. The van der Waals surface area contributed by atoms with Gasteiger partial charge >= 0.3 is 0 Å². The third-order valence-corrected chi connectivity index (χ3v) is 4.30. The number of aryl methyl sites for hydroxylation is 1. The second-order valence-electron chi connectivity index (χ2n) is 5.80. The molecule has 4 nitrogen and oxygen atoms in total. The van der Waals surface area contributed by atoms with Crippen LogP contribution in [0, 0.1) is 13.8 Å². The van der Waals surface area contributed by atoms with Crippen molar-refractivity contribution in [1.82, 2.24) is 4.57 Å². The average Bonchev–Trinajstić information content (AvgIpc) is 3.11. The molecule has 0 aliphatic carbocycles. The van der Waals surface area contributed by atoms with Crippen LogP contribution in [-0.4, -0.2) is 22.3 Å². The molecule has 2 heterocycles. The number of quaternary nitrogens is 1. The Hall–Kier alpha value is -2.04. The molecule has 0 aliphatic heterocycles. The molecule has 116 valence electrons. The maximum absolute atomic E-state index is 10.3. The topological polar surface area (TPSA) is 54.9 Å². The fourth-order valence-electron chi connectivity index (χ4n) is 2.97. The van der Waals surface area contributed by atoms with E-state index in [1.54, 1.807) is 6.26 Å². The highest BCUT2D eigenvalue weighted by Gasteiger charge is 2.14. The number of hydrogen-bond donors (Lipinski definition) is 2. The molecule has 0 unspecified atom stereocenters. The van der Waals surface area contributed by atoms with E-state index < -0.39 is 0 Å². The SMILES string of the molecule is Cc1c(C)n(C[C@@H](O)C[NH2+]Cc2ccco2)c2ccccc12. The van der Waals surface area contributed by atoms with Gasteiger partial charge in [-0.25, -0.2) is 0 Å². The van der Waals surface area contributed by atoms with Gasteiger partial charge in [0, 0.05) is 16.6 Å². The predicted molar refractivity (Wildman–Crippen MR) is 86.6 cm³/mol. The molecule has 3 aromatic rings. The van der Waals surface area contributed by atoms with E-state index in [0.29, 0.717) is 13.1 Å². The fraction of sp³-hybridized carbons (Fsp3) is 0.333. The Labute approximate surface area is 130 Å². The first-order valence-electron chi connectivity index (χ1n) is 7.73. The molecular weight excluding hydrogens is 276 g/mol. The molecule has 0 spiro atoms. The number of furan rings is 1. The van der Waals surface area contributed by atoms with Gasteiger partial charge in [-0.05, 0) is 37.6 Å². The summed E-state index contributed by atoms with van der Waals surface area (Å²) in [7, 11) is 0. The number of hydrogen-bond acceptors (Lipinski definition) is 2. The summed E-state index contributed by atoms with van der Waals surface area (Å²) in [6.07, 6.45) is 1.29. The third kappa shape index (κ3) is 2.93. The molecule has 1 aromatic carbocycles. The lowest BCUT2D eigenvalue weighted by Gasteiger charge is -2.13. The monoisotopic (exact) mass is 299 g/mol. The zero-order valence-electron chi connectivity index (χ0n) is 13.1. The Morgan fingerprint density at radius 1 is 1.18 bits per heavy atom. The van der Waals surface area contributed by atoms with Crippen molar-refractivity contribution in [3.63, 3.8) is 0 Å². The van der Waals surface area contributed by atoms with Crippen molar-refractivity contribution < 1.29 is 14.8 Å². The summed E-state index contributed by atoms with van der Waals surface area (Å²) in [5.74, 6) is 0.936. The van der Waals surface area contributed by atoms with Crippen molar-refractivity contribution in [1.29, 1.82) is 0 Å². The maximum Gasteiger partial charge on any atom is 0.157 e. The van der Waals surface area contributed by atoms with Crippen molar-refractivity contribution in [3.8, 4) is 0 Å². The molecule has 3 rings (SSSR count). The highest BCUT2D eigenvalue weighted by molar-refractivity contribution is 5.85. The third-order valence-electron chi connectivity index (χ3n) is 4.30. The minimum Gasteiger partial charge on any atom is -0.463 e. The van der Waals surface area contributed by atoms with Crippen LogP contribution in [0.2, 0.25) is 0 Å². The van der Waals surface area contributed by atoms with Gasteiger partial charge in [-0.1, -0.05) is 18.2 Å². The van der Waals surface area contributed by atoms with E-state index in [1.165, 1.54) is 22.2 Å². The van der Waals surface area contributed by atoms with Gasteiger partial charge in [0.2, 0.25) is 0 Å². The average molecular weight is 299 g/mol. The van der Waals surface area contributed by atoms with Gasteiger partial charge in [-0.3, -0.25) is 0 Å². The Morgan fingerprint density at radius 3 is 2.77 bits per heavy atom. The second-order valence-corrected chi connectivity index (χ2v) is 5.80. The van der Waals surface area contributed by atoms with Crippen molar-refractivity contribution in [2.45, 2.75) is 33.0 Å². The first kappa shape index (κ1) is 14.9. The van der Waals surface area contributed by atoms with Crippen LogP contribution in [0.25, 0.3) is 10.9 Å². The largest absolute Gasteiger partial charge is 0.463 e. The highest BCUT2D eigenvalue weighted by Crippen LogP contribution is 2.24. The minimum atomic E-state index is -0.385. The Bertz CT molecular complexity index is 744. The van der Waals surface area contributed by atoms with Crippen molar-refractivity contribution >= 4 is 10.9 Å². The molecule has 0 saturated carbocycles. The molecule has 2 aromatic heterocycles. The summed E-state index contributed by atoms with van der Waals surface area (Å²) in [4.78, 5) is 0. The van der Waals surface area contributed by atoms with Gasteiger partial charge in [-0.2, -0.15) is 0 Å². The zero-order chi connectivity index (χ0) is 15.5. The van der Waals surface area contributed by atoms with Gasteiger partial charge in [0.1, 0.15) is 19.2 Å². The van der Waals surface area contributed by atoms with Crippen molar-refractivity contribution in [2.75, 3.05) is 6.54 Å². The molecule has 0 radical (unpaired) electrons. The summed E-state index contributed by atoms with van der Waals surface area (Å²) in [6, 6.07) is 12.2. The fourth-order valence-corrected chi connectivity index (χ4v) is 2.97. The molecule has 22 heavy (non-hydrogen) atoms. The second kappa shape index (κ2) is 6.38. The molecule has 0 amide bonds. The summed E-state index contributed by atoms with van der Waals surface area (Å²) >= 11 is 0. The lowest BCUT2D eigenvalue weighted by molar-refractivity contribution is -0.678. The number of rotatable bonds is 6. The number of benzene rings is 1. The van der Waals surface area contributed by atoms with Gasteiger partial charge in [0.25, 0.3) is 0 Å². The molecule has 0 bridgehead atoms. The van der Waals surface area contributed by atoms with E-state index in [2.05, 4.69) is 41.9 Å². The standard InChI is InChI=1S/C18H22N2O2/c1-13-14(2)20(18-8-4-3-7-17(13)18)12-15(21)10-19-11-16-6-5-9-22-16/h3-9,15,19,21H,10-12H2,1-2H3/p+1/t15-/m0/s1. The van der Waals surface area contributed by atoms with E-state index in [-0.39, 0.29) is 6.10 Å². The van der Waals surface area contributed by atoms with E-state index in [1.807, 2.05) is 18.2 Å². The smallest absolute Gasteiger partial charge is 0.157 e. The highest BCUT2D eigenvalue weighted by atomic mass is 16.3. The molecule has 0 saturated heterocycles. The molecule has 0 fully saturated rings. The summed E-state index contributed by atoms with van der Waals surface area (Å²) in [5.41, 5.74) is 3.72. The normalized spacial score (nSPS) is 12.9. The zero-order valence-corrected chi connectivity index (χ0v) is 13.1. The number of nitrogens with two attached hydrogens (primary N) is 1. The van der Waals surface area contributed by atoms with Crippen LogP contribution < -0.4 is 5.32 Å². The lowest BCUT2D eigenvalue weighted by Crippen LogP contribution is -2.85. The van der Waals surface area contributed by atoms with Crippen LogP contribution >= 0.6 is 0 Å². The molecule has 1 atom stereocenters. The van der Waals surface area contributed by atoms with Gasteiger partial charge < -0.3 is 19.4 Å². The molecular formula is C18H23N2O2+.